The zero-order chi connectivity index (χ0) is 8.97. The van der Waals surface area contributed by atoms with Gasteiger partial charge in [0.15, 0.2) is 0 Å². The minimum Gasteiger partial charge on any atom is -0.481 e. The molecule has 2 N–H and O–H groups in total. The molecule has 1 aromatic rings. The fraction of sp³-hybridized carbons (Fsp3) is 0.444. The van der Waals surface area contributed by atoms with E-state index in [0.717, 1.165) is 12.1 Å². The third kappa shape index (κ3) is 1.95. The van der Waals surface area contributed by atoms with E-state index in [1.165, 1.54) is 0 Å². The van der Waals surface area contributed by atoms with Crippen molar-refractivity contribution < 1.29 is 4.74 Å². The van der Waals surface area contributed by atoms with Crippen molar-refractivity contribution in [1.82, 2.24) is 4.98 Å². The average Bonchev–Trinajstić information content (AvgIpc) is 2.17. The normalized spacial score (nSPS) is 12.6. The van der Waals surface area contributed by atoms with Crippen LogP contribution in [0.15, 0.2) is 18.2 Å². The number of nitrogens with two attached hydrogens (primary N) is 1. The van der Waals surface area contributed by atoms with Gasteiger partial charge in [-0.25, -0.2) is 4.98 Å². The SMILES string of the molecule is CC[C@@H](N)c1cccc(OC)n1. The van der Waals surface area contributed by atoms with E-state index in [1.54, 1.807) is 7.11 Å². The Hall–Kier alpha value is -1.09. The maximum absolute atomic E-state index is 5.80. The summed E-state index contributed by atoms with van der Waals surface area (Å²) in [5.74, 6) is 0.622. The second-order valence-corrected chi connectivity index (χ2v) is 2.62. The maximum atomic E-state index is 5.80. The third-order valence-electron chi connectivity index (χ3n) is 1.77. The van der Waals surface area contributed by atoms with E-state index >= 15 is 0 Å². The molecule has 0 unspecified atom stereocenters. The molecular weight excluding hydrogens is 152 g/mol. The second kappa shape index (κ2) is 4.07. The zero-order valence-electron chi connectivity index (χ0n) is 7.45. The van der Waals surface area contributed by atoms with Crippen LogP contribution in [0, 0.1) is 0 Å². The minimum absolute atomic E-state index is 0.0140. The highest BCUT2D eigenvalue weighted by Gasteiger charge is 2.04. The van der Waals surface area contributed by atoms with Gasteiger partial charge in [-0.05, 0) is 12.5 Å². The van der Waals surface area contributed by atoms with Gasteiger partial charge in [-0.2, -0.15) is 0 Å². The fourth-order valence-corrected chi connectivity index (χ4v) is 0.960. The number of rotatable bonds is 3. The Kier molecular flexibility index (Phi) is 3.05. The molecule has 1 aromatic heterocycles. The van der Waals surface area contributed by atoms with Crippen molar-refractivity contribution in [3.63, 3.8) is 0 Å². The molecule has 0 bridgehead atoms. The van der Waals surface area contributed by atoms with Gasteiger partial charge < -0.3 is 10.5 Å². The number of hydrogen-bond acceptors (Lipinski definition) is 3. The van der Waals surface area contributed by atoms with Gasteiger partial charge in [0, 0.05) is 12.1 Å². The van der Waals surface area contributed by atoms with Gasteiger partial charge in [0.1, 0.15) is 0 Å². The molecule has 1 atom stereocenters. The summed E-state index contributed by atoms with van der Waals surface area (Å²) in [6.45, 7) is 2.03. The molecule has 0 aliphatic heterocycles. The summed E-state index contributed by atoms with van der Waals surface area (Å²) in [7, 11) is 1.60. The Morgan fingerprint density at radius 2 is 2.33 bits per heavy atom. The molecular formula is C9H14N2O. The summed E-state index contributed by atoms with van der Waals surface area (Å²) in [6.07, 6.45) is 0.889. The van der Waals surface area contributed by atoms with E-state index in [1.807, 2.05) is 25.1 Å². The van der Waals surface area contributed by atoms with Gasteiger partial charge in [-0.1, -0.05) is 13.0 Å². The third-order valence-corrected chi connectivity index (χ3v) is 1.77. The van der Waals surface area contributed by atoms with Crippen molar-refractivity contribution in [3.8, 4) is 5.88 Å². The van der Waals surface area contributed by atoms with E-state index in [9.17, 15) is 0 Å². The van der Waals surface area contributed by atoms with E-state index in [-0.39, 0.29) is 6.04 Å². The quantitative estimate of drug-likeness (QED) is 0.740. The lowest BCUT2D eigenvalue weighted by atomic mass is 10.1. The van der Waals surface area contributed by atoms with Crippen LogP contribution in [0.3, 0.4) is 0 Å². The lowest BCUT2D eigenvalue weighted by Crippen LogP contribution is -2.10. The molecule has 0 radical (unpaired) electrons. The standard InChI is InChI=1S/C9H14N2O/c1-3-7(10)8-5-4-6-9(11-8)12-2/h4-7H,3,10H2,1-2H3/t7-/m1/s1. The van der Waals surface area contributed by atoms with Crippen LogP contribution in [0.2, 0.25) is 0 Å². The summed E-state index contributed by atoms with van der Waals surface area (Å²) in [5.41, 5.74) is 6.69. The summed E-state index contributed by atoms with van der Waals surface area (Å²) < 4.78 is 4.98. The fourth-order valence-electron chi connectivity index (χ4n) is 0.960. The van der Waals surface area contributed by atoms with E-state index in [4.69, 9.17) is 10.5 Å². The molecule has 0 aliphatic carbocycles. The van der Waals surface area contributed by atoms with Crippen LogP contribution < -0.4 is 10.5 Å². The van der Waals surface area contributed by atoms with Crippen molar-refractivity contribution in [1.29, 1.82) is 0 Å². The number of hydrogen-bond donors (Lipinski definition) is 1. The van der Waals surface area contributed by atoms with E-state index in [2.05, 4.69) is 4.98 Å². The molecule has 0 fully saturated rings. The molecule has 0 saturated carbocycles. The van der Waals surface area contributed by atoms with Crippen molar-refractivity contribution in [2.75, 3.05) is 7.11 Å². The second-order valence-electron chi connectivity index (χ2n) is 2.62. The van der Waals surface area contributed by atoms with Gasteiger partial charge in [0.05, 0.1) is 12.8 Å². The minimum atomic E-state index is 0.0140. The van der Waals surface area contributed by atoms with Gasteiger partial charge in [-0.15, -0.1) is 0 Å². The molecule has 0 amide bonds. The van der Waals surface area contributed by atoms with Gasteiger partial charge in [0.2, 0.25) is 5.88 Å². The van der Waals surface area contributed by atoms with Crippen LogP contribution in [0.5, 0.6) is 5.88 Å². The molecule has 1 rings (SSSR count). The topological polar surface area (TPSA) is 48.1 Å². The van der Waals surface area contributed by atoms with Crippen LogP contribution in [-0.2, 0) is 0 Å². The molecule has 0 saturated heterocycles. The number of pyridine rings is 1. The van der Waals surface area contributed by atoms with Crippen LogP contribution in [0.25, 0.3) is 0 Å². The summed E-state index contributed by atoms with van der Waals surface area (Å²) >= 11 is 0. The molecule has 66 valence electrons. The highest BCUT2D eigenvalue weighted by molar-refractivity contribution is 5.17. The number of nitrogens with zero attached hydrogens (tertiary/aromatic N) is 1. The first-order valence-electron chi connectivity index (χ1n) is 4.04. The number of methoxy groups -OCH3 is 1. The van der Waals surface area contributed by atoms with Gasteiger partial charge in [-0.3, -0.25) is 0 Å². The van der Waals surface area contributed by atoms with Crippen molar-refractivity contribution in [3.05, 3.63) is 23.9 Å². The molecule has 3 nitrogen and oxygen atoms in total. The first-order valence-corrected chi connectivity index (χ1v) is 4.04. The molecule has 0 aromatic carbocycles. The Morgan fingerprint density at radius 1 is 1.58 bits per heavy atom. The predicted molar refractivity (Wildman–Crippen MR) is 48.0 cm³/mol. The lowest BCUT2D eigenvalue weighted by molar-refractivity contribution is 0.394. The number of ether oxygens (including phenoxy) is 1. The maximum Gasteiger partial charge on any atom is 0.213 e. The largest absolute Gasteiger partial charge is 0.481 e. The lowest BCUT2D eigenvalue weighted by Gasteiger charge is -2.08. The molecule has 12 heavy (non-hydrogen) atoms. The molecule has 3 heteroatoms. The molecule has 0 spiro atoms. The first-order chi connectivity index (χ1) is 5.77. The van der Waals surface area contributed by atoms with Crippen LogP contribution in [-0.4, -0.2) is 12.1 Å². The van der Waals surface area contributed by atoms with Gasteiger partial charge >= 0.3 is 0 Å². The highest BCUT2D eigenvalue weighted by Crippen LogP contribution is 2.14. The monoisotopic (exact) mass is 166 g/mol. The summed E-state index contributed by atoms with van der Waals surface area (Å²) in [5, 5.41) is 0. The first kappa shape index (κ1) is 9.00. The summed E-state index contributed by atoms with van der Waals surface area (Å²) in [6, 6.07) is 5.64. The van der Waals surface area contributed by atoms with Crippen molar-refractivity contribution >= 4 is 0 Å². The average molecular weight is 166 g/mol. The molecule has 0 aliphatic rings. The smallest absolute Gasteiger partial charge is 0.213 e. The van der Waals surface area contributed by atoms with Gasteiger partial charge in [0.25, 0.3) is 0 Å². The van der Waals surface area contributed by atoms with Crippen LogP contribution >= 0.6 is 0 Å². The zero-order valence-corrected chi connectivity index (χ0v) is 7.45. The van der Waals surface area contributed by atoms with Crippen molar-refractivity contribution in [2.45, 2.75) is 19.4 Å². The predicted octanol–water partition coefficient (Wildman–Crippen LogP) is 1.50. The van der Waals surface area contributed by atoms with Crippen LogP contribution in [0.4, 0.5) is 0 Å². The summed E-state index contributed by atoms with van der Waals surface area (Å²) in [4.78, 5) is 4.21. The number of aromatic nitrogens is 1. The van der Waals surface area contributed by atoms with Crippen LogP contribution in [0.1, 0.15) is 25.1 Å². The Morgan fingerprint density at radius 3 is 2.92 bits per heavy atom. The Labute approximate surface area is 72.6 Å². The van der Waals surface area contributed by atoms with E-state index < -0.39 is 0 Å². The van der Waals surface area contributed by atoms with Crippen molar-refractivity contribution in [2.24, 2.45) is 5.73 Å². The Balaban J connectivity index is 2.86. The highest BCUT2D eigenvalue weighted by atomic mass is 16.5. The molecule has 1 heterocycles. The Bertz CT molecular complexity index is 250. The van der Waals surface area contributed by atoms with E-state index in [0.29, 0.717) is 5.88 Å².